The van der Waals surface area contributed by atoms with Crippen LogP contribution in [0.4, 0.5) is 0 Å². The Morgan fingerprint density at radius 2 is 2.38 bits per heavy atom. The van der Waals surface area contributed by atoms with Crippen molar-refractivity contribution in [3.8, 4) is 0 Å². The van der Waals surface area contributed by atoms with Crippen LogP contribution >= 0.6 is 0 Å². The molecular formula is C9H18N4O3. The molecule has 0 bridgehead atoms. The maximum absolute atomic E-state index is 11.0. The Morgan fingerprint density at radius 1 is 1.69 bits per heavy atom. The van der Waals surface area contributed by atoms with Crippen molar-refractivity contribution in [2.24, 2.45) is 5.11 Å². The molecule has 0 amide bonds. The maximum atomic E-state index is 11.0. The van der Waals surface area contributed by atoms with Gasteiger partial charge < -0.3 is 15.2 Å². The van der Waals surface area contributed by atoms with E-state index in [-0.39, 0.29) is 6.61 Å². The lowest BCUT2D eigenvalue weighted by Crippen LogP contribution is -2.53. The van der Waals surface area contributed by atoms with Crippen LogP contribution in [0.3, 0.4) is 0 Å². The Hall–Kier alpha value is -1.30. The van der Waals surface area contributed by atoms with E-state index in [4.69, 9.17) is 15.4 Å². The number of rotatable bonds is 9. The van der Waals surface area contributed by atoms with E-state index in [1.807, 2.05) is 6.92 Å². The first kappa shape index (κ1) is 14.7. The molecule has 16 heavy (non-hydrogen) atoms. The van der Waals surface area contributed by atoms with E-state index in [0.717, 1.165) is 0 Å². The fraction of sp³-hybridized carbons (Fsp3) is 0.889. The lowest BCUT2D eigenvalue weighted by molar-refractivity contribution is -0.146. The van der Waals surface area contributed by atoms with Gasteiger partial charge in [0.15, 0.2) is 0 Å². The first-order valence-electron chi connectivity index (χ1n) is 5.14. The van der Waals surface area contributed by atoms with Gasteiger partial charge in [-0.1, -0.05) is 5.11 Å². The minimum Gasteiger partial charge on any atom is -0.480 e. The SMILES string of the molecule is CCOCC(C)(NCCCN=[N+]=[N-])C(=O)O. The molecule has 0 aromatic heterocycles. The molecule has 0 saturated heterocycles. The number of hydrogen-bond acceptors (Lipinski definition) is 4. The molecule has 1 atom stereocenters. The van der Waals surface area contributed by atoms with Gasteiger partial charge in [-0.05, 0) is 32.3 Å². The topological polar surface area (TPSA) is 107 Å². The number of azide groups is 1. The second kappa shape index (κ2) is 7.92. The van der Waals surface area contributed by atoms with Crippen molar-refractivity contribution in [1.82, 2.24) is 5.32 Å². The average molecular weight is 230 g/mol. The fourth-order valence-corrected chi connectivity index (χ4v) is 1.05. The normalized spacial score (nSPS) is 13.9. The molecule has 0 heterocycles. The standard InChI is InChI=1S/C9H18N4O3/c1-3-16-7-9(2,8(14)15)11-5-4-6-12-13-10/h11H,3-7H2,1-2H3,(H,14,15). The fourth-order valence-electron chi connectivity index (χ4n) is 1.05. The zero-order valence-electron chi connectivity index (χ0n) is 9.64. The second-order valence-electron chi connectivity index (χ2n) is 3.51. The molecule has 0 spiro atoms. The zero-order valence-corrected chi connectivity index (χ0v) is 9.64. The van der Waals surface area contributed by atoms with Crippen LogP contribution in [0.5, 0.6) is 0 Å². The summed E-state index contributed by atoms with van der Waals surface area (Å²) in [5, 5.41) is 15.3. The van der Waals surface area contributed by atoms with E-state index in [0.29, 0.717) is 26.1 Å². The van der Waals surface area contributed by atoms with Crippen LogP contribution in [-0.2, 0) is 9.53 Å². The minimum atomic E-state index is -1.09. The molecule has 7 nitrogen and oxygen atoms in total. The predicted molar refractivity (Wildman–Crippen MR) is 59.2 cm³/mol. The lowest BCUT2D eigenvalue weighted by Gasteiger charge is -2.25. The van der Waals surface area contributed by atoms with Gasteiger partial charge in [0.05, 0.1) is 6.61 Å². The Labute approximate surface area is 94.4 Å². The van der Waals surface area contributed by atoms with Crippen LogP contribution in [0.25, 0.3) is 10.4 Å². The van der Waals surface area contributed by atoms with Crippen LogP contribution < -0.4 is 5.32 Å². The Morgan fingerprint density at radius 3 is 2.88 bits per heavy atom. The first-order chi connectivity index (χ1) is 7.56. The highest BCUT2D eigenvalue weighted by Gasteiger charge is 2.32. The number of nitrogens with zero attached hydrogens (tertiary/aromatic N) is 3. The van der Waals surface area contributed by atoms with E-state index in [1.54, 1.807) is 6.92 Å². The number of nitrogens with one attached hydrogen (secondary N) is 1. The summed E-state index contributed by atoms with van der Waals surface area (Å²) < 4.78 is 5.11. The molecule has 0 aromatic carbocycles. The molecule has 7 heteroatoms. The summed E-state index contributed by atoms with van der Waals surface area (Å²) in [4.78, 5) is 13.6. The molecule has 0 saturated carbocycles. The van der Waals surface area contributed by atoms with Gasteiger partial charge >= 0.3 is 5.97 Å². The molecule has 0 aliphatic heterocycles. The third-order valence-corrected chi connectivity index (χ3v) is 2.08. The third kappa shape index (κ3) is 5.55. The smallest absolute Gasteiger partial charge is 0.326 e. The number of carboxylic acid groups (broad SMARTS) is 1. The summed E-state index contributed by atoms with van der Waals surface area (Å²) in [6, 6.07) is 0. The average Bonchev–Trinajstić information content (AvgIpc) is 2.26. The van der Waals surface area contributed by atoms with Crippen molar-refractivity contribution < 1.29 is 14.6 Å². The molecule has 2 N–H and O–H groups in total. The summed E-state index contributed by atoms with van der Waals surface area (Å²) in [6.07, 6.45) is 0.596. The van der Waals surface area contributed by atoms with Gasteiger partial charge in [-0.25, -0.2) is 0 Å². The zero-order chi connectivity index (χ0) is 12.4. The van der Waals surface area contributed by atoms with Crippen LogP contribution in [0.15, 0.2) is 5.11 Å². The summed E-state index contributed by atoms with van der Waals surface area (Å²) in [5.74, 6) is -0.954. The minimum absolute atomic E-state index is 0.111. The van der Waals surface area contributed by atoms with E-state index in [2.05, 4.69) is 15.3 Å². The van der Waals surface area contributed by atoms with Crippen LogP contribution in [0, 0.1) is 0 Å². The predicted octanol–water partition coefficient (Wildman–Crippen LogP) is 1.16. The van der Waals surface area contributed by atoms with Gasteiger partial charge in [0, 0.05) is 18.1 Å². The summed E-state index contributed by atoms with van der Waals surface area (Å²) in [6.45, 7) is 4.79. The van der Waals surface area contributed by atoms with Crippen molar-refractivity contribution in [1.29, 1.82) is 0 Å². The largest absolute Gasteiger partial charge is 0.480 e. The number of carboxylic acids is 1. The Bertz CT molecular complexity index is 265. The molecule has 0 fully saturated rings. The number of hydrogen-bond donors (Lipinski definition) is 2. The second-order valence-corrected chi connectivity index (χ2v) is 3.51. The molecular weight excluding hydrogens is 212 g/mol. The molecule has 0 aliphatic rings. The maximum Gasteiger partial charge on any atom is 0.326 e. The number of aliphatic carboxylic acids is 1. The van der Waals surface area contributed by atoms with E-state index < -0.39 is 11.5 Å². The van der Waals surface area contributed by atoms with Crippen LogP contribution in [-0.4, -0.2) is 42.9 Å². The molecule has 0 aliphatic carbocycles. The highest BCUT2D eigenvalue weighted by molar-refractivity contribution is 5.78. The van der Waals surface area contributed by atoms with E-state index >= 15 is 0 Å². The molecule has 0 rings (SSSR count). The summed E-state index contributed by atoms with van der Waals surface area (Å²) in [5.41, 5.74) is 6.96. The van der Waals surface area contributed by atoms with Gasteiger partial charge in [0.25, 0.3) is 0 Å². The van der Waals surface area contributed by atoms with E-state index in [1.165, 1.54) is 0 Å². The third-order valence-electron chi connectivity index (χ3n) is 2.08. The van der Waals surface area contributed by atoms with Gasteiger partial charge in [-0.15, -0.1) is 0 Å². The molecule has 1 unspecified atom stereocenters. The lowest BCUT2D eigenvalue weighted by atomic mass is 10.0. The van der Waals surface area contributed by atoms with Crippen molar-refractivity contribution in [2.75, 3.05) is 26.3 Å². The summed E-state index contributed by atoms with van der Waals surface area (Å²) in [7, 11) is 0. The van der Waals surface area contributed by atoms with E-state index in [9.17, 15) is 4.79 Å². The van der Waals surface area contributed by atoms with Gasteiger partial charge in [0.1, 0.15) is 5.54 Å². The monoisotopic (exact) mass is 230 g/mol. The Balaban J connectivity index is 4.02. The molecule has 0 radical (unpaired) electrons. The van der Waals surface area contributed by atoms with Crippen molar-refractivity contribution in [3.63, 3.8) is 0 Å². The van der Waals surface area contributed by atoms with Crippen molar-refractivity contribution in [2.45, 2.75) is 25.8 Å². The highest BCUT2D eigenvalue weighted by atomic mass is 16.5. The van der Waals surface area contributed by atoms with Crippen LogP contribution in [0.2, 0.25) is 0 Å². The van der Waals surface area contributed by atoms with Gasteiger partial charge in [-0.3, -0.25) is 4.79 Å². The Kier molecular flexibility index (Phi) is 7.28. The highest BCUT2D eigenvalue weighted by Crippen LogP contribution is 2.05. The van der Waals surface area contributed by atoms with Crippen molar-refractivity contribution >= 4 is 5.97 Å². The van der Waals surface area contributed by atoms with Gasteiger partial charge in [0.2, 0.25) is 0 Å². The molecule has 92 valence electrons. The quantitative estimate of drug-likeness (QED) is 0.268. The van der Waals surface area contributed by atoms with Gasteiger partial charge in [-0.2, -0.15) is 0 Å². The number of ether oxygens (including phenoxy) is 1. The number of carbonyl (C=O) groups is 1. The van der Waals surface area contributed by atoms with Crippen molar-refractivity contribution in [3.05, 3.63) is 10.4 Å². The first-order valence-corrected chi connectivity index (χ1v) is 5.14. The summed E-state index contributed by atoms with van der Waals surface area (Å²) >= 11 is 0. The molecule has 0 aromatic rings. The van der Waals surface area contributed by atoms with Crippen LogP contribution in [0.1, 0.15) is 20.3 Å².